The molecule has 0 radical (unpaired) electrons. The van der Waals surface area contributed by atoms with E-state index in [0.29, 0.717) is 35.6 Å². The molecule has 0 spiro atoms. The molecule has 0 bridgehead atoms. The lowest BCUT2D eigenvalue weighted by Crippen LogP contribution is -2.56. The summed E-state index contributed by atoms with van der Waals surface area (Å²) in [6.07, 6.45) is -6.25. The van der Waals surface area contributed by atoms with Gasteiger partial charge in [-0.25, -0.2) is 19.2 Å². The maximum atomic E-state index is 13.9. The van der Waals surface area contributed by atoms with Gasteiger partial charge in [-0.3, -0.25) is 23.9 Å². The summed E-state index contributed by atoms with van der Waals surface area (Å²) in [6, 6.07) is 14.4. The average Bonchev–Trinajstić information content (AvgIpc) is 3.52. The Labute approximate surface area is 343 Å². The molecular formula is C40H51FN6O13. The molecule has 1 aliphatic rings. The lowest BCUT2D eigenvalue weighted by Gasteiger charge is -2.26. The van der Waals surface area contributed by atoms with E-state index in [1.165, 1.54) is 6.92 Å². The lowest BCUT2D eigenvalue weighted by atomic mass is 9.98. The van der Waals surface area contributed by atoms with Gasteiger partial charge in [0.05, 0.1) is 6.20 Å². The molecular weight excluding hydrogens is 791 g/mol. The summed E-state index contributed by atoms with van der Waals surface area (Å²) in [5.41, 5.74) is -0.876. The molecule has 1 saturated heterocycles. The zero-order valence-corrected chi connectivity index (χ0v) is 33.3. The third-order valence-corrected chi connectivity index (χ3v) is 9.67. The molecule has 8 atom stereocenters. The Kier molecular flexibility index (Phi) is 17.8. The number of unbranched alkanes of at least 4 members (excludes halogenated alkanes) is 1. The van der Waals surface area contributed by atoms with Crippen LogP contribution in [-0.4, -0.2) is 99.3 Å². The van der Waals surface area contributed by atoms with Crippen LogP contribution >= 0.6 is 0 Å². The van der Waals surface area contributed by atoms with E-state index in [4.69, 9.17) is 18.9 Å². The van der Waals surface area contributed by atoms with Gasteiger partial charge in [-0.15, -0.1) is 0 Å². The van der Waals surface area contributed by atoms with Crippen LogP contribution in [-0.2, 0) is 46.5 Å². The van der Waals surface area contributed by atoms with Crippen molar-refractivity contribution in [1.29, 1.82) is 0 Å². The Hall–Kier alpha value is -6.12. The van der Waals surface area contributed by atoms with Gasteiger partial charge in [-0.1, -0.05) is 80.9 Å². The Morgan fingerprint density at radius 1 is 0.833 bits per heavy atom. The number of H-pyrrole nitrogens is 1. The van der Waals surface area contributed by atoms with Gasteiger partial charge in [0.2, 0.25) is 17.6 Å². The topological polar surface area (TPSA) is 266 Å². The molecule has 0 aliphatic carbocycles. The van der Waals surface area contributed by atoms with Gasteiger partial charge >= 0.3 is 23.8 Å². The Bertz CT molecular complexity index is 2020. The Morgan fingerprint density at radius 2 is 1.45 bits per heavy atom. The number of aromatic amines is 1. The number of rotatable bonds is 20. The quantitative estimate of drug-likeness (QED) is 0.0481. The first-order valence-corrected chi connectivity index (χ1v) is 19.4. The summed E-state index contributed by atoms with van der Waals surface area (Å²) in [6.45, 7) is 4.37. The molecule has 7 N–H and O–H groups in total. The van der Waals surface area contributed by atoms with E-state index in [2.05, 4.69) is 21.3 Å². The number of halogens is 1. The molecule has 1 aromatic heterocycles. The van der Waals surface area contributed by atoms with Crippen LogP contribution < -0.4 is 32.5 Å². The highest BCUT2D eigenvalue weighted by Gasteiger charge is 2.45. The number of aliphatic hydroxyl groups excluding tert-OH is 2. The number of benzene rings is 2. The van der Waals surface area contributed by atoms with Crippen LogP contribution in [0, 0.1) is 11.7 Å². The zero-order valence-electron chi connectivity index (χ0n) is 33.3. The second-order valence-corrected chi connectivity index (χ2v) is 14.2. The minimum Gasteiger partial charge on any atom is -0.461 e. The van der Waals surface area contributed by atoms with Crippen molar-refractivity contribution in [2.75, 3.05) is 13.2 Å². The normalized spacial score (nSPS) is 19.2. The number of hydrogen-bond donors (Lipinski definition) is 7. The highest BCUT2D eigenvalue weighted by atomic mass is 19.1. The minimum absolute atomic E-state index is 0.0655. The van der Waals surface area contributed by atoms with E-state index in [0.717, 1.165) is 5.56 Å². The van der Waals surface area contributed by atoms with Gasteiger partial charge in [0, 0.05) is 6.54 Å². The fraction of sp³-hybridized carbons (Fsp3) is 0.475. The minimum atomic E-state index is -1.78. The van der Waals surface area contributed by atoms with Crippen molar-refractivity contribution >= 4 is 30.0 Å². The summed E-state index contributed by atoms with van der Waals surface area (Å²) < 4.78 is 35.8. The van der Waals surface area contributed by atoms with Crippen molar-refractivity contribution in [3.05, 3.63) is 105 Å². The predicted molar refractivity (Wildman–Crippen MR) is 209 cm³/mol. The number of alkyl carbamates (subject to hydrolysis) is 2. The first-order chi connectivity index (χ1) is 28.7. The fourth-order valence-electron chi connectivity index (χ4n) is 5.94. The highest BCUT2D eigenvalue weighted by molar-refractivity contribution is 5.92. The van der Waals surface area contributed by atoms with E-state index in [1.54, 1.807) is 49.2 Å². The van der Waals surface area contributed by atoms with E-state index in [9.17, 15) is 48.2 Å². The van der Waals surface area contributed by atoms with Crippen molar-refractivity contribution in [2.24, 2.45) is 5.92 Å². The summed E-state index contributed by atoms with van der Waals surface area (Å²) >= 11 is 0. The number of hydrogen-bond acceptors (Lipinski definition) is 13. The van der Waals surface area contributed by atoms with Gasteiger partial charge in [0.1, 0.15) is 56.3 Å². The van der Waals surface area contributed by atoms with Gasteiger partial charge in [-0.05, 0) is 43.2 Å². The highest BCUT2D eigenvalue weighted by Crippen LogP contribution is 2.29. The zero-order chi connectivity index (χ0) is 43.8. The molecule has 60 heavy (non-hydrogen) atoms. The summed E-state index contributed by atoms with van der Waals surface area (Å²) in [5, 5.41) is 31.3. The second kappa shape index (κ2) is 22.9. The molecule has 4 rings (SSSR count). The van der Waals surface area contributed by atoms with Crippen LogP contribution in [0.15, 0.2) is 76.4 Å². The van der Waals surface area contributed by atoms with Crippen LogP contribution in [0.5, 0.6) is 0 Å². The predicted octanol–water partition coefficient (Wildman–Crippen LogP) is 1.27. The van der Waals surface area contributed by atoms with Crippen LogP contribution in [0.25, 0.3) is 0 Å². The van der Waals surface area contributed by atoms with Gasteiger partial charge < -0.3 is 50.4 Å². The number of nitrogens with one attached hydrogen (secondary N) is 5. The smallest absolute Gasteiger partial charge is 0.408 e. The molecule has 0 saturated carbocycles. The van der Waals surface area contributed by atoms with Crippen molar-refractivity contribution in [3.8, 4) is 0 Å². The van der Waals surface area contributed by atoms with Crippen LogP contribution in [0.3, 0.4) is 0 Å². The number of ether oxygens (including phenoxy) is 4. The molecule has 2 aromatic carbocycles. The molecule has 326 valence electrons. The maximum absolute atomic E-state index is 13.9. The first-order valence-electron chi connectivity index (χ1n) is 19.4. The van der Waals surface area contributed by atoms with Gasteiger partial charge in [0.25, 0.3) is 5.56 Å². The van der Waals surface area contributed by atoms with Crippen LogP contribution in [0.2, 0.25) is 0 Å². The molecule has 0 unspecified atom stereocenters. The molecule has 1 fully saturated rings. The first kappa shape index (κ1) is 46.6. The summed E-state index contributed by atoms with van der Waals surface area (Å²) in [7, 11) is 0. The van der Waals surface area contributed by atoms with E-state index < -0.39 is 102 Å². The van der Waals surface area contributed by atoms with Crippen molar-refractivity contribution < 1.29 is 57.5 Å². The number of aliphatic hydroxyl groups is 2. The summed E-state index contributed by atoms with van der Waals surface area (Å²) in [5.74, 6) is -4.30. The van der Waals surface area contributed by atoms with E-state index >= 15 is 0 Å². The number of nitrogens with zero attached hydrogens (tertiary/aromatic N) is 1. The van der Waals surface area contributed by atoms with Crippen molar-refractivity contribution in [3.63, 3.8) is 0 Å². The van der Waals surface area contributed by atoms with E-state index in [1.807, 2.05) is 30.3 Å². The Morgan fingerprint density at radius 3 is 2.07 bits per heavy atom. The number of amides is 4. The second-order valence-electron chi connectivity index (χ2n) is 14.2. The van der Waals surface area contributed by atoms with E-state index in [-0.39, 0.29) is 26.2 Å². The molecule has 20 heteroatoms. The molecule has 19 nitrogen and oxygen atoms in total. The standard InChI is InChI=1S/C40H51FN6O13/c1-4-23(2)30(37(53)57-22-29-31(48)32(49)36(60-29)47-19-27(41)34(51)46-38(47)54)45-33(50)24(3)43-35(52)28(44-40(56)59-21-26-15-9-6-10-16-26)17-11-12-18-42-39(55)58-20-25-13-7-5-8-14-25/h5-10,13-16,19,23-24,28-32,36,48-49H,4,11-12,17-18,20-22H2,1-3H3,(H,42,55)(H,43,52)(H,44,56)(H,45,50)(H,46,51,54)/t23-,24-,28-,29+,30-,31+,32+,36+/m0/s1. The average molecular weight is 843 g/mol. The number of carbonyl (C=O) groups excluding carboxylic acids is 5. The molecule has 3 aromatic rings. The van der Waals surface area contributed by atoms with Gasteiger partial charge in [-0.2, -0.15) is 4.39 Å². The van der Waals surface area contributed by atoms with Crippen molar-refractivity contribution in [1.82, 2.24) is 30.8 Å². The number of aromatic nitrogens is 2. The third-order valence-electron chi connectivity index (χ3n) is 9.67. The van der Waals surface area contributed by atoms with Crippen molar-refractivity contribution in [2.45, 2.75) is 102 Å². The summed E-state index contributed by atoms with van der Waals surface area (Å²) in [4.78, 5) is 90.4. The molecule has 4 amide bonds. The SMILES string of the molecule is CC[C@H](C)[C@H](NC(=O)[C@H](C)NC(=O)[C@H](CCCCNC(=O)OCc1ccccc1)NC(=O)OCc1ccccc1)C(=O)OC[C@H]1O[C@@H](n2cc(F)c(=O)[nH]c2=O)[C@H](O)[C@@H]1O. The monoisotopic (exact) mass is 842 g/mol. The number of esters is 1. The third kappa shape index (κ3) is 13.7. The van der Waals surface area contributed by atoms with Crippen LogP contribution in [0.1, 0.15) is 63.8 Å². The molecule has 1 aliphatic heterocycles. The lowest BCUT2D eigenvalue weighted by molar-refractivity contribution is -0.155. The number of carbonyl (C=O) groups is 5. The van der Waals surface area contributed by atoms with Crippen LogP contribution in [0.4, 0.5) is 14.0 Å². The Balaban J connectivity index is 1.32. The fourth-order valence-corrected chi connectivity index (χ4v) is 5.94. The van der Waals surface area contributed by atoms with Gasteiger partial charge in [0.15, 0.2) is 6.23 Å². The largest absolute Gasteiger partial charge is 0.461 e. The maximum Gasteiger partial charge on any atom is 0.408 e. The molecule has 2 heterocycles.